The van der Waals surface area contributed by atoms with E-state index in [-0.39, 0.29) is 25.0 Å². The maximum atomic E-state index is 12.7. The van der Waals surface area contributed by atoms with Gasteiger partial charge in [-0.25, -0.2) is 4.98 Å². The number of rotatable bonds is 6. The van der Waals surface area contributed by atoms with Crippen molar-refractivity contribution in [1.29, 1.82) is 0 Å². The van der Waals surface area contributed by atoms with E-state index in [2.05, 4.69) is 15.6 Å². The second-order valence-electron chi connectivity index (χ2n) is 7.04. The maximum Gasteiger partial charge on any atom is 0.257 e. The largest absolute Gasteiger partial charge is 0.396 e. The van der Waals surface area contributed by atoms with Crippen LogP contribution in [0.1, 0.15) is 21.5 Å². The highest BCUT2D eigenvalue weighted by Crippen LogP contribution is 2.30. The number of anilines is 3. The molecule has 3 aromatic rings. The predicted molar refractivity (Wildman–Crippen MR) is 116 cm³/mol. The van der Waals surface area contributed by atoms with E-state index in [0.29, 0.717) is 35.7 Å². The lowest BCUT2D eigenvalue weighted by Crippen LogP contribution is -2.40. The number of aliphatic hydroxyl groups is 1. The highest BCUT2D eigenvalue weighted by molar-refractivity contribution is 6.07. The molecule has 7 heteroatoms. The molecule has 2 aromatic carbocycles. The van der Waals surface area contributed by atoms with Gasteiger partial charge in [0.15, 0.2) is 5.82 Å². The Hall–Kier alpha value is -3.71. The summed E-state index contributed by atoms with van der Waals surface area (Å²) in [5.74, 6) is 0.193. The van der Waals surface area contributed by atoms with Gasteiger partial charge in [0.2, 0.25) is 5.91 Å². The number of aliphatic hydroxyl groups excluding tert-OH is 1. The fraction of sp³-hybridized carbons (Fsp3) is 0.174. The summed E-state index contributed by atoms with van der Waals surface area (Å²) in [7, 11) is 0. The van der Waals surface area contributed by atoms with E-state index in [0.717, 1.165) is 11.1 Å². The lowest BCUT2D eigenvalue weighted by Gasteiger charge is -2.29. The molecule has 1 aliphatic rings. The number of nitrogens with zero attached hydrogens (tertiary/aromatic N) is 2. The van der Waals surface area contributed by atoms with E-state index >= 15 is 0 Å². The second kappa shape index (κ2) is 8.75. The average Bonchev–Trinajstić information content (AvgIpc) is 2.77. The molecule has 1 aromatic heterocycles. The van der Waals surface area contributed by atoms with Crippen molar-refractivity contribution in [3.8, 4) is 0 Å². The van der Waals surface area contributed by atoms with Crippen LogP contribution in [0.4, 0.5) is 17.2 Å². The van der Waals surface area contributed by atoms with E-state index in [1.165, 1.54) is 6.20 Å². The molecule has 0 bridgehead atoms. The van der Waals surface area contributed by atoms with Gasteiger partial charge in [0.05, 0.1) is 24.3 Å². The molecule has 4 rings (SSSR count). The number of pyridine rings is 1. The molecular formula is C23H22N4O3. The van der Waals surface area contributed by atoms with Crippen molar-refractivity contribution < 1.29 is 14.7 Å². The van der Waals surface area contributed by atoms with Gasteiger partial charge in [-0.3, -0.25) is 9.59 Å². The molecule has 0 aliphatic carbocycles. The van der Waals surface area contributed by atoms with Crippen LogP contribution in [0, 0.1) is 0 Å². The van der Waals surface area contributed by atoms with Gasteiger partial charge in [0.1, 0.15) is 0 Å². The Morgan fingerprint density at radius 3 is 2.60 bits per heavy atom. The third-order valence-corrected chi connectivity index (χ3v) is 4.92. The normalized spacial score (nSPS) is 12.8. The van der Waals surface area contributed by atoms with Crippen LogP contribution in [0.15, 0.2) is 66.9 Å². The molecule has 0 unspecified atom stereocenters. The summed E-state index contributed by atoms with van der Waals surface area (Å²) in [5.41, 5.74) is 3.59. The van der Waals surface area contributed by atoms with Crippen LogP contribution in [-0.2, 0) is 17.8 Å². The van der Waals surface area contributed by atoms with Crippen molar-refractivity contribution in [3.63, 3.8) is 0 Å². The maximum absolute atomic E-state index is 12.7. The first-order valence-corrected chi connectivity index (χ1v) is 9.73. The quantitative estimate of drug-likeness (QED) is 0.589. The fourth-order valence-electron chi connectivity index (χ4n) is 3.33. The molecule has 2 heterocycles. The first kappa shape index (κ1) is 19.6. The molecule has 0 saturated heterocycles. The van der Waals surface area contributed by atoms with Crippen LogP contribution in [0.25, 0.3) is 0 Å². The minimum atomic E-state index is -0.308. The fourth-order valence-corrected chi connectivity index (χ4v) is 3.33. The van der Waals surface area contributed by atoms with Gasteiger partial charge in [-0.15, -0.1) is 0 Å². The number of carbonyl (C=O) groups is 2. The van der Waals surface area contributed by atoms with E-state index in [1.807, 2.05) is 42.5 Å². The smallest absolute Gasteiger partial charge is 0.257 e. The van der Waals surface area contributed by atoms with Crippen LogP contribution in [0.3, 0.4) is 0 Å². The summed E-state index contributed by atoms with van der Waals surface area (Å²) >= 11 is 0. The molecule has 0 spiro atoms. The molecule has 3 N–H and O–H groups in total. The lowest BCUT2D eigenvalue weighted by atomic mass is 10.1. The van der Waals surface area contributed by atoms with Crippen molar-refractivity contribution in [2.75, 3.05) is 28.7 Å². The molecule has 7 nitrogen and oxygen atoms in total. The molecule has 1 aliphatic heterocycles. The standard InChI is InChI=1S/C23H22N4O3/c28-11-10-16-6-8-19(9-7-16)26-23(30)18-12-20-22(24-13-18)25-14-21(29)27(20)15-17-4-2-1-3-5-17/h1-9,12-13,28H,10-11,14-15H2,(H,24,25)(H,26,30). The van der Waals surface area contributed by atoms with Crippen molar-refractivity contribution in [3.05, 3.63) is 83.6 Å². The Kier molecular flexibility index (Phi) is 5.72. The van der Waals surface area contributed by atoms with E-state index in [4.69, 9.17) is 5.11 Å². The number of amides is 2. The molecule has 152 valence electrons. The molecule has 0 fully saturated rings. The zero-order valence-electron chi connectivity index (χ0n) is 16.3. The Morgan fingerprint density at radius 1 is 1.10 bits per heavy atom. The number of hydrogen-bond acceptors (Lipinski definition) is 5. The van der Waals surface area contributed by atoms with Crippen molar-refractivity contribution in [1.82, 2.24) is 4.98 Å². The Labute approximate surface area is 174 Å². The van der Waals surface area contributed by atoms with Gasteiger partial charge >= 0.3 is 0 Å². The average molecular weight is 402 g/mol. The van der Waals surface area contributed by atoms with Crippen molar-refractivity contribution in [2.24, 2.45) is 0 Å². The number of aromatic nitrogens is 1. The zero-order valence-corrected chi connectivity index (χ0v) is 16.3. The van der Waals surface area contributed by atoms with Gasteiger partial charge in [0, 0.05) is 18.5 Å². The van der Waals surface area contributed by atoms with E-state index in [9.17, 15) is 9.59 Å². The van der Waals surface area contributed by atoms with Gasteiger partial charge in [-0.2, -0.15) is 0 Å². The summed E-state index contributed by atoms with van der Waals surface area (Å²) in [6, 6.07) is 18.7. The van der Waals surface area contributed by atoms with Crippen LogP contribution < -0.4 is 15.5 Å². The summed E-state index contributed by atoms with van der Waals surface area (Å²) in [5, 5.41) is 14.9. The van der Waals surface area contributed by atoms with Crippen LogP contribution in [0.5, 0.6) is 0 Å². The first-order valence-electron chi connectivity index (χ1n) is 9.73. The third kappa shape index (κ3) is 4.31. The predicted octanol–water partition coefficient (Wildman–Crippen LogP) is 2.83. The highest BCUT2D eigenvalue weighted by Gasteiger charge is 2.26. The van der Waals surface area contributed by atoms with E-state index < -0.39 is 0 Å². The minimum absolute atomic E-state index is 0.0785. The number of hydrogen-bond donors (Lipinski definition) is 3. The van der Waals surface area contributed by atoms with Crippen LogP contribution in [0.2, 0.25) is 0 Å². The number of benzene rings is 2. The zero-order chi connectivity index (χ0) is 20.9. The summed E-state index contributed by atoms with van der Waals surface area (Å²) in [6.45, 7) is 0.657. The Bertz CT molecular complexity index is 1050. The van der Waals surface area contributed by atoms with Crippen molar-refractivity contribution >= 4 is 29.0 Å². The van der Waals surface area contributed by atoms with Gasteiger partial charge in [-0.05, 0) is 35.7 Å². The molecule has 30 heavy (non-hydrogen) atoms. The number of fused-ring (bicyclic) bond motifs is 1. The topological polar surface area (TPSA) is 94.6 Å². The number of nitrogens with one attached hydrogen (secondary N) is 2. The van der Waals surface area contributed by atoms with Crippen molar-refractivity contribution in [2.45, 2.75) is 13.0 Å². The summed E-state index contributed by atoms with van der Waals surface area (Å²) < 4.78 is 0. The van der Waals surface area contributed by atoms with Gasteiger partial charge in [-0.1, -0.05) is 42.5 Å². The SMILES string of the molecule is O=C(Nc1ccc(CCO)cc1)c1cnc2c(c1)N(Cc1ccccc1)C(=O)CN2. The Balaban J connectivity index is 1.55. The number of carbonyl (C=O) groups excluding carboxylic acids is 2. The molecule has 2 amide bonds. The molecule has 0 radical (unpaired) electrons. The second-order valence-corrected chi connectivity index (χ2v) is 7.04. The molecule has 0 atom stereocenters. The first-order chi connectivity index (χ1) is 14.6. The van der Waals surface area contributed by atoms with Gasteiger partial charge in [0.25, 0.3) is 5.91 Å². The summed E-state index contributed by atoms with van der Waals surface area (Å²) in [4.78, 5) is 31.3. The Morgan fingerprint density at radius 2 is 1.87 bits per heavy atom. The van der Waals surface area contributed by atoms with Gasteiger partial charge < -0.3 is 20.6 Å². The minimum Gasteiger partial charge on any atom is -0.396 e. The highest BCUT2D eigenvalue weighted by atomic mass is 16.3. The lowest BCUT2D eigenvalue weighted by molar-refractivity contribution is -0.117. The third-order valence-electron chi connectivity index (χ3n) is 4.92. The van der Waals surface area contributed by atoms with Crippen LogP contribution in [-0.4, -0.2) is 35.1 Å². The molecule has 0 saturated carbocycles. The monoisotopic (exact) mass is 402 g/mol. The van der Waals surface area contributed by atoms with Crippen LogP contribution >= 0.6 is 0 Å². The summed E-state index contributed by atoms with van der Waals surface area (Å²) in [6.07, 6.45) is 2.07. The van der Waals surface area contributed by atoms with E-state index in [1.54, 1.807) is 23.1 Å². The molecular weight excluding hydrogens is 380 g/mol.